The van der Waals surface area contributed by atoms with Gasteiger partial charge in [0.25, 0.3) is 0 Å². The predicted octanol–water partition coefficient (Wildman–Crippen LogP) is 1.87. The molecule has 0 atom stereocenters. The van der Waals surface area contributed by atoms with Crippen LogP contribution in [0.15, 0.2) is 18.2 Å². The average Bonchev–Trinajstić information content (AvgIpc) is 2.06. The van der Waals surface area contributed by atoms with Crippen molar-refractivity contribution in [3.8, 4) is 17.6 Å². The van der Waals surface area contributed by atoms with Gasteiger partial charge in [-0.15, -0.1) is 5.92 Å². The SMILES string of the molecule is CC#Cc1cc[c]c(OC)c1. The topological polar surface area (TPSA) is 9.23 Å². The number of hydrogen-bond acceptors (Lipinski definition) is 1. The Labute approximate surface area is 67.0 Å². The van der Waals surface area contributed by atoms with Crippen LogP contribution >= 0.6 is 0 Å². The van der Waals surface area contributed by atoms with Gasteiger partial charge in [0, 0.05) is 11.6 Å². The van der Waals surface area contributed by atoms with E-state index in [1.165, 1.54) is 0 Å². The van der Waals surface area contributed by atoms with Crippen LogP contribution < -0.4 is 4.74 Å². The Morgan fingerprint density at radius 3 is 3.00 bits per heavy atom. The first kappa shape index (κ1) is 7.68. The van der Waals surface area contributed by atoms with E-state index in [1.807, 2.05) is 19.1 Å². The fourth-order valence-corrected chi connectivity index (χ4v) is 0.785. The Bertz CT molecular complexity index is 291. The summed E-state index contributed by atoms with van der Waals surface area (Å²) in [6, 6.07) is 8.49. The molecule has 0 bridgehead atoms. The van der Waals surface area contributed by atoms with Crippen LogP contribution in [0.3, 0.4) is 0 Å². The fraction of sp³-hybridized carbons (Fsp3) is 0.200. The van der Waals surface area contributed by atoms with E-state index >= 15 is 0 Å². The normalized spacial score (nSPS) is 8.18. The van der Waals surface area contributed by atoms with E-state index in [1.54, 1.807) is 13.2 Å². The first-order valence-electron chi connectivity index (χ1n) is 3.35. The minimum Gasteiger partial charge on any atom is -0.496 e. The van der Waals surface area contributed by atoms with Gasteiger partial charge in [0.2, 0.25) is 0 Å². The lowest BCUT2D eigenvalue weighted by molar-refractivity contribution is 0.414. The van der Waals surface area contributed by atoms with Crippen molar-refractivity contribution in [3.05, 3.63) is 29.8 Å². The molecule has 1 rings (SSSR count). The molecule has 0 saturated carbocycles. The van der Waals surface area contributed by atoms with Gasteiger partial charge >= 0.3 is 0 Å². The Morgan fingerprint density at radius 2 is 2.36 bits per heavy atom. The van der Waals surface area contributed by atoms with Gasteiger partial charge in [0.05, 0.1) is 7.11 Å². The third kappa shape index (κ3) is 2.01. The molecular weight excluding hydrogens is 136 g/mol. The standard InChI is InChI=1S/C10H9O/c1-3-5-9-6-4-7-10(8-9)11-2/h4,6,8H,1-2H3. The zero-order valence-electron chi connectivity index (χ0n) is 6.64. The van der Waals surface area contributed by atoms with E-state index in [4.69, 9.17) is 4.74 Å². The Hall–Kier alpha value is -1.42. The van der Waals surface area contributed by atoms with Crippen LogP contribution in [0.2, 0.25) is 0 Å². The molecule has 1 radical (unpaired) electrons. The molecule has 0 aliphatic rings. The van der Waals surface area contributed by atoms with Gasteiger partial charge in [0.15, 0.2) is 0 Å². The molecule has 0 saturated heterocycles. The lowest BCUT2D eigenvalue weighted by Gasteiger charge is -1.97. The predicted molar refractivity (Wildman–Crippen MR) is 44.4 cm³/mol. The molecule has 55 valence electrons. The van der Waals surface area contributed by atoms with Gasteiger partial charge in [-0.1, -0.05) is 5.92 Å². The summed E-state index contributed by atoms with van der Waals surface area (Å²) < 4.78 is 4.98. The van der Waals surface area contributed by atoms with Crippen molar-refractivity contribution in [2.24, 2.45) is 0 Å². The highest BCUT2D eigenvalue weighted by Gasteiger charge is 1.90. The van der Waals surface area contributed by atoms with E-state index < -0.39 is 0 Å². The van der Waals surface area contributed by atoms with Crippen LogP contribution in [-0.2, 0) is 0 Å². The third-order valence-corrected chi connectivity index (χ3v) is 1.26. The maximum absolute atomic E-state index is 4.98. The van der Waals surface area contributed by atoms with Crippen molar-refractivity contribution in [3.63, 3.8) is 0 Å². The van der Waals surface area contributed by atoms with Crippen LogP contribution in [0.5, 0.6) is 5.75 Å². The number of methoxy groups -OCH3 is 1. The van der Waals surface area contributed by atoms with Crippen molar-refractivity contribution in [1.29, 1.82) is 0 Å². The van der Waals surface area contributed by atoms with Crippen LogP contribution in [0, 0.1) is 17.9 Å². The molecule has 1 aromatic rings. The summed E-state index contributed by atoms with van der Waals surface area (Å²) in [5.74, 6) is 6.48. The van der Waals surface area contributed by atoms with Gasteiger partial charge < -0.3 is 4.74 Å². The first-order chi connectivity index (χ1) is 5.36. The molecule has 0 fully saturated rings. The van der Waals surface area contributed by atoms with Crippen molar-refractivity contribution < 1.29 is 4.74 Å². The van der Waals surface area contributed by atoms with Crippen molar-refractivity contribution in [1.82, 2.24) is 0 Å². The summed E-state index contributed by atoms with van der Waals surface area (Å²) in [5.41, 5.74) is 0.961. The van der Waals surface area contributed by atoms with Crippen LogP contribution in [0.25, 0.3) is 0 Å². The Kier molecular flexibility index (Phi) is 2.57. The molecular formula is C10H9O. The largest absolute Gasteiger partial charge is 0.496 e. The van der Waals surface area contributed by atoms with Crippen molar-refractivity contribution in [2.75, 3.05) is 7.11 Å². The summed E-state index contributed by atoms with van der Waals surface area (Å²) in [6.45, 7) is 1.81. The number of benzene rings is 1. The highest BCUT2D eigenvalue weighted by atomic mass is 16.5. The molecule has 1 aromatic carbocycles. The van der Waals surface area contributed by atoms with Gasteiger partial charge in [-0.2, -0.15) is 0 Å². The monoisotopic (exact) mass is 145 g/mol. The smallest absolute Gasteiger partial charge is 0.128 e. The average molecular weight is 145 g/mol. The third-order valence-electron chi connectivity index (χ3n) is 1.26. The van der Waals surface area contributed by atoms with E-state index in [0.717, 1.165) is 11.3 Å². The first-order valence-corrected chi connectivity index (χ1v) is 3.35. The van der Waals surface area contributed by atoms with Crippen LogP contribution in [-0.4, -0.2) is 7.11 Å². The van der Waals surface area contributed by atoms with Crippen LogP contribution in [0.1, 0.15) is 12.5 Å². The van der Waals surface area contributed by atoms with Gasteiger partial charge in [-0.3, -0.25) is 0 Å². The molecule has 0 unspecified atom stereocenters. The van der Waals surface area contributed by atoms with Crippen molar-refractivity contribution >= 4 is 0 Å². The number of rotatable bonds is 1. The summed E-state index contributed by atoms with van der Waals surface area (Å²) in [5, 5.41) is 0. The Morgan fingerprint density at radius 1 is 1.55 bits per heavy atom. The molecule has 0 aromatic heterocycles. The lowest BCUT2D eigenvalue weighted by atomic mass is 10.2. The molecule has 0 N–H and O–H groups in total. The zero-order valence-corrected chi connectivity index (χ0v) is 6.64. The molecule has 11 heavy (non-hydrogen) atoms. The minimum atomic E-state index is 0.727. The van der Waals surface area contributed by atoms with E-state index in [9.17, 15) is 0 Å². The molecule has 0 aliphatic carbocycles. The van der Waals surface area contributed by atoms with E-state index in [2.05, 4.69) is 17.9 Å². The zero-order chi connectivity index (χ0) is 8.10. The molecule has 0 aliphatic heterocycles. The second kappa shape index (κ2) is 3.68. The fourth-order valence-electron chi connectivity index (χ4n) is 0.785. The quantitative estimate of drug-likeness (QED) is 0.548. The van der Waals surface area contributed by atoms with Gasteiger partial charge in [-0.05, 0) is 25.1 Å². The molecule has 0 heterocycles. The molecule has 1 heteroatoms. The highest BCUT2D eigenvalue weighted by molar-refractivity contribution is 5.38. The van der Waals surface area contributed by atoms with Crippen molar-refractivity contribution in [2.45, 2.75) is 6.92 Å². The second-order valence-electron chi connectivity index (χ2n) is 2.02. The number of ether oxygens (including phenoxy) is 1. The highest BCUT2D eigenvalue weighted by Crippen LogP contribution is 2.10. The van der Waals surface area contributed by atoms with Gasteiger partial charge in [-0.25, -0.2) is 0 Å². The van der Waals surface area contributed by atoms with E-state index in [-0.39, 0.29) is 0 Å². The summed E-state index contributed by atoms with van der Waals surface area (Å²) in [7, 11) is 1.62. The molecule has 0 spiro atoms. The summed E-state index contributed by atoms with van der Waals surface area (Å²) >= 11 is 0. The summed E-state index contributed by atoms with van der Waals surface area (Å²) in [4.78, 5) is 0. The Balaban J connectivity index is 2.97. The number of hydrogen-bond donors (Lipinski definition) is 0. The minimum absolute atomic E-state index is 0.727. The second-order valence-corrected chi connectivity index (χ2v) is 2.02. The molecule has 1 nitrogen and oxygen atoms in total. The van der Waals surface area contributed by atoms with Crippen LogP contribution in [0.4, 0.5) is 0 Å². The maximum atomic E-state index is 4.98. The molecule has 0 amide bonds. The maximum Gasteiger partial charge on any atom is 0.128 e. The van der Waals surface area contributed by atoms with Gasteiger partial charge in [0.1, 0.15) is 5.75 Å². The summed E-state index contributed by atoms with van der Waals surface area (Å²) in [6.07, 6.45) is 0. The lowest BCUT2D eigenvalue weighted by Crippen LogP contribution is -1.82. The van der Waals surface area contributed by atoms with E-state index in [0.29, 0.717) is 0 Å².